The van der Waals surface area contributed by atoms with E-state index in [9.17, 15) is 0 Å². The lowest BCUT2D eigenvalue weighted by molar-refractivity contribution is 0.0398. The van der Waals surface area contributed by atoms with Gasteiger partial charge in [0.05, 0.1) is 30.1 Å². The van der Waals surface area contributed by atoms with Crippen LogP contribution in [0.15, 0.2) is 16.4 Å². The zero-order valence-corrected chi connectivity index (χ0v) is 15.6. The minimum absolute atomic E-state index is 0.277. The summed E-state index contributed by atoms with van der Waals surface area (Å²) in [5.41, 5.74) is 14.3. The maximum Gasteiger partial charge on any atom is 0.174 e. The lowest BCUT2D eigenvalue weighted by Crippen LogP contribution is -2.39. The van der Waals surface area contributed by atoms with Gasteiger partial charge in [-0.15, -0.1) is 0 Å². The molecule has 0 saturated carbocycles. The Morgan fingerprint density at radius 1 is 1.18 bits per heavy atom. The van der Waals surface area contributed by atoms with E-state index in [2.05, 4.69) is 25.3 Å². The van der Waals surface area contributed by atoms with Crippen LogP contribution >= 0.6 is 0 Å². The Morgan fingerprint density at radius 3 is 2.82 bits per heavy atom. The smallest absolute Gasteiger partial charge is 0.174 e. The number of nitrogens with zero attached hydrogens (tertiary/aromatic N) is 4. The summed E-state index contributed by atoms with van der Waals surface area (Å²) in [6.07, 6.45) is 4.54. The number of fused-ring (bicyclic) bond motifs is 1. The molecule has 0 spiro atoms. The number of nitrogen functional groups attached to an aromatic ring is 2. The van der Waals surface area contributed by atoms with Crippen LogP contribution in [0, 0.1) is 5.41 Å². The van der Waals surface area contributed by atoms with E-state index in [1.54, 1.807) is 0 Å². The summed E-state index contributed by atoms with van der Waals surface area (Å²) in [5, 5.41) is 15.8. The van der Waals surface area contributed by atoms with Gasteiger partial charge in [0.25, 0.3) is 0 Å². The van der Waals surface area contributed by atoms with Gasteiger partial charge in [-0.05, 0) is 18.1 Å². The summed E-state index contributed by atoms with van der Waals surface area (Å²) in [6, 6.07) is 0. The van der Waals surface area contributed by atoms with Crippen LogP contribution in [0.5, 0.6) is 0 Å². The minimum atomic E-state index is 0.277. The second-order valence-electron chi connectivity index (χ2n) is 6.81. The summed E-state index contributed by atoms with van der Waals surface area (Å²) in [4.78, 5) is 10.7. The first-order valence-electron chi connectivity index (χ1n) is 9.32. The lowest BCUT2D eigenvalue weighted by Gasteiger charge is -2.26. The lowest BCUT2D eigenvalue weighted by atomic mass is 9.91. The quantitative estimate of drug-likeness (QED) is 0.529. The van der Waals surface area contributed by atoms with E-state index < -0.39 is 0 Å². The highest BCUT2D eigenvalue weighted by Crippen LogP contribution is 2.31. The molecule has 2 aromatic rings. The first-order valence-corrected chi connectivity index (χ1v) is 9.32. The highest BCUT2D eigenvalue weighted by molar-refractivity contribution is 6.18. The number of hydrogen-bond donors (Lipinski definition) is 4. The number of nitrogens with one attached hydrogen (secondary N) is 2. The first kappa shape index (κ1) is 18.4. The molecule has 1 saturated heterocycles. The molecule has 1 aliphatic carbocycles. The van der Waals surface area contributed by atoms with Gasteiger partial charge in [-0.25, -0.2) is 9.97 Å². The molecule has 28 heavy (non-hydrogen) atoms. The molecule has 0 atom stereocenters. The molecule has 0 amide bonds. The van der Waals surface area contributed by atoms with Crippen LogP contribution < -0.4 is 16.8 Å². The van der Waals surface area contributed by atoms with Gasteiger partial charge in [-0.2, -0.15) is 0 Å². The number of morpholine rings is 1. The van der Waals surface area contributed by atoms with Crippen molar-refractivity contribution in [1.29, 1.82) is 5.41 Å². The molecular formula is C18H24N8O2. The largest absolute Gasteiger partial charge is 0.383 e. The average Bonchev–Trinajstić information content (AvgIpc) is 3.09. The van der Waals surface area contributed by atoms with Crippen LogP contribution in [0.25, 0.3) is 6.08 Å². The molecule has 0 unspecified atom stereocenters. The second kappa shape index (κ2) is 7.95. The maximum atomic E-state index is 8.72. The van der Waals surface area contributed by atoms with Crippen molar-refractivity contribution >= 4 is 29.2 Å². The summed E-state index contributed by atoms with van der Waals surface area (Å²) in [5.74, 6) is 1.92. The summed E-state index contributed by atoms with van der Waals surface area (Å²) >= 11 is 0. The number of aryl methyl sites for hydroxylation is 1. The number of nitrogens with two attached hydrogens (primary N) is 2. The number of ether oxygens (including phenoxy) is 1. The molecule has 1 aliphatic heterocycles. The third-order valence-corrected chi connectivity index (χ3v) is 5.04. The van der Waals surface area contributed by atoms with E-state index in [4.69, 9.17) is 26.1 Å². The molecule has 6 N–H and O–H groups in total. The molecule has 0 radical (unpaired) electrons. The maximum absolute atomic E-state index is 8.72. The van der Waals surface area contributed by atoms with Crippen LogP contribution in [-0.4, -0.2) is 65.1 Å². The molecule has 0 bridgehead atoms. The third-order valence-electron chi connectivity index (χ3n) is 5.04. The van der Waals surface area contributed by atoms with E-state index in [0.717, 1.165) is 49.7 Å². The van der Waals surface area contributed by atoms with Crippen molar-refractivity contribution in [2.45, 2.75) is 12.8 Å². The van der Waals surface area contributed by atoms with Gasteiger partial charge < -0.3 is 26.0 Å². The third kappa shape index (κ3) is 3.69. The predicted octanol–water partition coefficient (Wildman–Crippen LogP) is 0.771. The zero-order chi connectivity index (χ0) is 19.5. The summed E-state index contributed by atoms with van der Waals surface area (Å²) in [6.45, 7) is 4.93. The summed E-state index contributed by atoms with van der Waals surface area (Å²) in [7, 11) is 0. The molecule has 2 aliphatic rings. The van der Waals surface area contributed by atoms with Crippen molar-refractivity contribution in [2.24, 2.45) is 0 Å². The number of rotatable bonds is 6. The molecule has 2 aromatic heterocycles. The van der Waals surface area contributed by atoms with Gasteiger partial charge in [-0.3, -0.25) is 10.3 Å². The van der Waals surface area contributed by atoms with E-state index in [1.807, 2.05) is 6.08 Å². The Balaban J connectivity index is 1.51. The van der Waals surface area contributed by atoms with Crippen molar-refractivity contribution in [3.63, 3.8) is 0 Å². The fourth-order valence-electron chi connectivity index (χ4n) is 3.47. The van der Waals surface area contributed by atoms with Gasteiger partial charge >= 0.3 is 0 Å². The van der Waals surface area contributed by atoms with Gasteiger partial charge in [0.2, 0.25) is 0 Å². The number of aromatic nitrogens is 3. The molecule has 148 valence electrons. The SMILES string of the molecule is N=C(C1=Cc2c(N)noc2CC1)c1c(N)ncnc1NCCN1CCOCC1. The van der Waals surface area contributed by atoms with Crippen LogP contribution in [0.1, 0.15) is 23.3 Å². The Labute approximate surface area is 162 Å². The summed E-state index contributed by atoms with van der Waals surface area (Å²) < 4.78 is 10.6. The van der Waals surface area contributed by atoms with Crippen molar-refractivity contribution in [1.82, 2.24) is 20.0 Å². The fraction of sp³-hybridized carbons (Fsp3) is 0.444. The number of allylic oxidation sites excluding steroid dienone is 1. The molecule has 10 nitrogen and oxygen atoms in total. The average molecular weight is 384 g/mol. The van der Waals surface area contributed by atoms with Crippen LogP contribution in [0.2, 0.25) is 0 Å². The monoisotopic (exact) mass is 384 g/mol. The zero-order valence-electron chi connectivity index (χ0n) is 15.6. The van der Waals surface area contributed by atoms with Gasteiger partial charge in [-0.1, -0.05) is 5.16 Å². The van der Waals surface area contributed by atoms with Gasteiger partial charge in [0.1, 0.15) is 23.7 Å². The molecule has 10 heteroatoms. The van der Waals surface area contributed by atoms with Crippen molar-refractivity contribution in [2.75, 3.05) is 56.2 Å². The predicted molar refractivity (Wildman–Crippen MR) is 106 cm³/mol. The highest BCUT2D eigenvalue weighted by atomic mass is 16.5. The normalized spacial score (nSPS) is 17.1. The van der Waals surface area contributed by atoms with E-state index >= 15 is 0 Å². The standard InChI is InChI=1S/C18H24N8O2/c19-15(11-1-2-13-12(9-11)16(20)25-28-13)14-17(21)23-10-24-18(14)22-3-4-26-5-7-27-8-6-26/h9-10,19H,1-8H2,(H2,20,25)(H3,21,22,23,24). The Kier molecular flexibility index (Phi) is 5.22. The fourth-order valence-corrected chi connectivity index (χ4v) is 3.47. The molecule has 0 aromatic carbocycles. The Bertz CT molecular complexity index is 901. The van der Waals surface area contributed by atoms with Crippen molar-refractivity contribution < 1.29 is 9.26 Å². The minimum Gasteiger partial charge on any atom is -0.383 e. The van der Waals surface area contributed by atoms with Crippen molar-refractivity contribution in [3.05, 3.63) is 28.8 Å². The van der Waals surface area contributed by atoms with Crippen LogP contribution in [-0.2, 0) is 11.2 Å². The van der Waals surface area contributed by atoms with E-state index in [1.165, 1.54) is 6.33 Å². The topological polar surface area (TPSA) is 152 Å². The van der Waals surface area contributed by atoms with E-state index in [-0.39, 0.29) is 5.82 Å². The van der Waals surface area contributed by atoms with Crippen molar-refractivity contribution in [3.8, 4) is 0 Å². The number of hydrogen-bond acceptors (Lipinski definition) is 10. The highest BCUT2D eigenvalue weighted by Gasteiger charge is 2.24. The molecular weight excluding hydrogens is 360 g/mol. The van der Waals surface area contributed by atoms with E-state index in [0.29, 0.717) is 42.3 Å². The number of anilines is 3. The Morgan fingerprint density at radius 2 is 2.00 bits per heavy atom. The van der Waals surface area contributed by atoms with Gasteiger partial charge in [0, 0.05) is 32.6 Å². The first-order chi connectivity index (χ1) is 13.6. The van der Waals surface area contributed by atoms with Crippen LogP contribution in [0.3, 0.4) is 0 Å². The van der Waals surface area contributed by atoms with Gasteiger partial charge in [0.15, 0.2) is 5.82 Å². The Hall–Kier alpha value is -2.98. The van der Waals surface area contributed by atoms with Crippen LogP contribution in [0.4, 0.5) is 17.5 Å². The molecule has 3 heterocycles. The molecule has 4 rings (SSSR count). The second-order valence-corrected chi connectivity index (χ2v) is 6.81. The molecule has 1 fully saturated rings.